The Morgan fingerprint density at radius 3 is 2.77 bits per heavy atom. The Morgan fingerprint density at radius 1 is 1.12 bits per heavy atom. The number of methoxy groups -OCH3 is 1. The monoisotopic (exact) mass is 366 g/mol. The highest BCUT2D eigenvalue weighted by Crippen LogP contribution is 2.36. The van der Waals surface area contributed by atoms with E-state index < -0.39 is 0 Å². The summed E-state index contributed by atoms with van der Waals surface area (Å²) in [6.07, 6.45) is 6.53. The summed E-state index contributed by atoms with van der Waals surface area (Å²) in [7, 11) is 1.65. The van der Waals surface area contributed by atoms with Crippen molar-refractivity contribution in [2.24, 2.45) is 0 Å². The summed E-state index contributed by atoms with van der Waals surface area (Å²) in [4.78, 5) is 11.9. The van der Waals surface area contributed by atoms with Gasteiger partial charge in [0.2, 0.25) is 0 Å². The zero-order valence-electron chi connectivity index (χ0n) is 14.4. The van der Waals surface area contributed by atoms with Gasteiger partial charge in [0.05, 0.1) is 12.5 Å². The van der Waals surface area contributed by atoms with Gasteiger partial charge in [-0.05, 0) is 55.5 Å². The van der Waals surface area contributed by atoms with Crippen molar-refractivity contribution in [3.63, 3.8) is 0 Å². The average Bonchev–Trinajstić information content (AvgIpc) is 3.27. The van der Waals surface area contributed by atoms with Crippen LogP contribution in [0, 0.1) is 0 Å². The lowest BCUT2D eigenvalue weighted by atomic mass is 9.97. The van der Waals surface area contributed by atoms with Gasteiger partial charge in [0.25, 0.3) is 0 Å². The van der Waals surface area contributed by atoms with Crippen molar-refractivity contribution in [3.8, 4) is 11.5 Å². The fourth-order valence-electron chi connectivity index (χ4n) is 3.48. The van der Waals surface area contributed by atoms with Crippen LogP contribution in [-0.2, 0) is 19.4 Å². The molecule has 132 valence electrons. The smallest absolute Gasteiger partial charge is 0.189 e. The summed E-state index contributed by atoms with van der Waals surface area (Å²) in [6.45, 7) is 0.321. The van der Waals surface area contributed by atoms with Crippen molar-refractivity contribution in [2.45, 2.75) is 32.3 Å². The van der Waals surface area contributed by atoms with E-state index in [4.69, 9.17) is 14.5 Å². The van der Waals surface area contributed by atoms with Gasteiger partial charge in [0.15, 0.2) is 11.5 Å². The van der Waals surface area contributed by atoms with Crippen LogP contribution >= 0.6 is 11.3 Å². The molecule has 6 nitrogen and oxygen atoms in total. The third kappa shape index (κ3) is 2.59. The first kappa shape index (κ1) is 15.6. The minimum atomic E-state index is 0.321. The third-order valence-electron chi connectivity index (χ3n) is 4.76. The minimum absolute atomic E-state index is 0.321. The Balaban J connectivity index is 1.47. The van der Waals surface area contributed by atoms with E-state index in [1.807, 2.05) is 24.3 Å². The van der Waals surface area contributed by atoms with Crippen molar-refractivity contribution in [1.82, 2.24) is 19.6 Å². The summed E-state index contributed by atoms with van der Waals surface area (Å²) in [6, 6.07) is 7.50. The van der Waals surface area contributed by atoms with Crippen LogP contribution < -0.4 is 9.47 Å². The fourth-order valence-corrected chi connectivity index (χ4v) is 4.70. The zero-order valence-corrected chi connectivity index (χ0v) is 15.3. The molecule has 1 aromatic carbocycles. The van der Waals surface area contributed by atoms with Gasteiger partial charge in [0, 0.05) is 4.88 Å². The summed E-state index contributed by atoms with van der Waals surface area (Å²) in [5.41, 5.74) is 2.31. The maximum absolute atomic E-state index is 5.82. The molecule has 5 rings (SSSR count). The molecule has 0 unspecified atom stereocenters. The highest BCUT2D eigenvalue weighted by atomic mass is 32.1. The number of nitrogens with zero attached hydrogens (tertiary/aromatic N) is 4. The molecular weight excluding hydrogens is 348 g/mol. The van der Waals surface area contributed by atoms with Crippen LogP contribution in [0.2, 0.25) is 0 Å². The first-order valence-electron chi connectivity index (χ1n) is 8.73. The van der Waals surface area contributed by atoms with E-state index in [1.54, 1.807) is 29.3 Å². The molecule has 3 aromatic heterocycles. The molecule has 1 aliphatic rings. The van der Waals surface area contributed by atoms with Gasteiger partial charge in [0.1, 0.15) is 29.3 Å². The molecule has 3 heterocycles. The SMILES string of the molecule is COc1ccc(OCc2nc3c4c5c(sc4ncn3n2)CCCC5)cc1. The van der Waals surface area contributed by atoms with Gasteiger partial charge in [-0.3, -0.25) is 0 Å². The van der Waals surface area contributed by atoms with E-state index in [2.05, 4.69) is 10.1 Å². The molecule has 7 heteroatoms. The van der Waals surface area contributed by atoms with Crippen molar-refractivity contribution in [1.29, 1.82) is 0 Å². The number of benzene rings is 1. The Labute approximate surface area is 154 Å². The molecule has 0 spiro atoms. The molecule has 0 saturated carbocycles. The van der Waals surface area contributed by atoms with Crippen LogP contribution in [0.5, 0.6) is 11.5 Å². The van der Waals surface area contributed by atoms with Crippen LogP contribution in [0.4, 0.5) is 0 Å². The summed E-state index contributed by atoms with van der Waals surface area (Å²) in [5.74, 6) is 2.23. The molecular formula is C19H18N4O2S. The lowest BCUT2D eigenvalue weighted by Gasteiger charge is -2.09. The summed E-state index contributed by atoms with van der Waals surface area (Å²) < 4.78 is 12.8. The first-order valence-corrected chi connectivity index (χ1v) is 9.55. The van der Waals surface area contributed by atoms with Crippen LogP contribution in [-0.4, -0.2) is 26.7 Å². The fraction of sp³-hybridized carbons (Fsp3) is 0.316. The van der Waals surface area contributed by atoms with Gasteiger partial charge >= 0.3 is 0 Å². The Kier molecular flexibility index (Phi) is 3.74. The van der Waals surface area contributed by atoms with E-state index in [1.165, 1.54) is 28.7 Å². The molecule has 4 aromatic rings. The van der Waals surface area contributed by atoms with E-state index >= 15 is 0 Å². The van der Waals surface area contributed by atoms with Gasteiger partial charge in [-0.15, -0.1) is 16.4 Å². The van der Waals surface area contributed by atoms with E-state index in [-0.39, 0.29) is 0 Å². The number of hydrogen-bond donors (Lipinski definition) is 0. The number of rotatable bonds is 4. The molecule has 26 heavy (non-hydrogen) atoms. The number of hydrogen-bond acceptors (Lipinski definition) is 6. The highest BCUT2D eigenvalue weighted by Gasteiger charge is 2.20. The zero-order chi connectivity index (χ0) is 17.5. The van der Waals surface area contributed by atoms with Gasteiger partial charge in [-0.25, -0.2) is 14.5 Å². The molecule has 0 atom stereocenters. The first-order chi connectivity index (χ1) is 12.8. The van der Waals surface area contributed by atoms with Gasteiger partial charge < -0.3 is 9.47 Å². The van der Waals surface area contributed by atoms with Crippen molar-refractivity contribution in [3.05, 3.63) is 46.9 Å². The molecule has 0 N–H and O–H groups in total. The lowest BCUT2D eigenvalue weighted by molar-refractivity contribution is 0.295. The van der Waals surface area contributed by atoms with E-state index in [0.29, 0.717) is 12.4 Å². The molecule has 0 saturated heterocycles. The van der Waals surface area contributed by atoms with E-state index in [0.717, 1.165) is 34.8 Å². The number of fused-ring (bicyclic) bond motifs is 5. The van der Waals surface area contributed by atoms with Crippen LogP contribution in [0.1, 0.15) is 29.1 Å². The van der Waals surface area contributed by atoms with Crippen LogP contribution in [0.25, 0.3) is 15.9 Å². The highest BCUT2D eigenvalue weighted by molar-refractivity contribution is 7.19. The number of ether oxygens (including phenoxy) is 2. The third-order valence-corrected chi connectivity index (χ3v) is 5.96. The second-order valence-electron chi connectivity index (χ2n) is 6.40. The second kappa shape index (κ2) is 6.25. The lowest BCUT2D eigenvalue weighted by Crippen LogP contribution is -1.99. The predicted octanol–water partition coefficient (Wildman–Crippen LogP) is 3.81. The normalized spacial score (nSPS) is 13.9. The molecule has 0 bridgehead atoms. The van der Waals surface area contributed by atoms with Gasteiger partial charge in [-0.1, -0.05) is 0 Å². The maximum Gasteiger partial charge on any atom is 0.189 e. The van der Waals surface area contributed by atoms with Crippen molar-refractivity contribution in [2.75, 3.05) is 7.11 Å². The van der Waals surface area contributed by atoms with Crippen LogP contribution in [0.15, 0.2) is 30.6 Å². The topological polar surface area (TPSA) is 61.5 Å². The standard InChI is InChI=1S/C19H18N4O2S/c1-24-12-6-8-13(9-7-12)25-10-16-21-18-17-14-4-2-3-5-15(14)26-19(17)20-11-23(18)22-16/h6-9,11H,2-5,10H2,1H3. The quantitative estimate of drug-likeness (QED) is 0.550. The van der Waals surface area contributed by atoms with Gasteiger partial charge in [-0.2, -0.15) is 0 Å². The summed E-state index contributed by atoms with van der Waals surface area (Å²) >= 11 is 1.80. The largest absolute Gasteiger partial charge is 0.497 e. The van der Waals surface area contributed by atoms with E-state index in [9.17, 15) is 0 Å². The predicted molar refractivity (Wildman–Crippen MR) is 100 cm³/mol. The van der Waals surface area contributed by atoms with Crippen molar-refractivity contribution >= 4 is 27.2 Å². The molecule has 1 aliphatic carbocycles. The number of thiophene rings is 1. The number of aromatic nitrogens is 4. The maximum atomic E-state index is 5.82. The minimum Gasteiger partial charge on any atom is -0.497 e. The Hall–Kier alpha value is -2.67. The Morgan fingerprint density at radius 2 is 1.92 bits per heavy atom. The Bertz CT molecular complexity index is 1080. The summed E-state index contributed by atoms with van der Waals surface area (Å²) in [5, 5.41) is 5.71. The molecule has 0 amide bonds. The molecule has 0 fully saturated rings. The van der Waals surface area contributed by atoms with Crippen LogP contribution in [0.3, 0.4) is 0 Å². The second-order valence-corrected chi connectivity index (χ2v) is 7.48. The molecule has 0 aliphatic heterocycles. The number of aryl methyl sites for hydroxylation is 2. The average molecular weight is 366 g/mol. The molecule has 0 radical (unpaired) electrons. The van der Waals surface area contributed by atoms with Crippen molar-refractivity contribution < 1.29 is 9.47 Å².